The zero-order chi connectivity index (χ0) is 20.8. The molecule has 0 aliphatic heterocycles. The predicted octanol–water partition coefficient (Wildman–Crippen LogP) is 2.35. The number of imidazole rings is 1. The zero-order valence-electron chi connectivity index (χ0n) is 17.7. The lowest BCUT2D eigenvalue weighted by Gasteiger charge is -2.29. The van der Waals surface area contributed by atoms with Gasteiger partial charge in [-0.1, -0.05) is 6.07 Å². The number of aromatic nitrogens is 2. The Labute approximate surface area is 166 Å². The van der Waals surface area contributed by atoms with Crippen molar-refractivity contribution in [2.75, 3.05) is 20.1 Å². The average molecular weight is 389 g/mol. The van der Waals surface area contributed by atoms with E-state index in [0.717, 1.165) is 17.8 Å². The van der Waals surface area contributed by atoms with Crippen LogP contribution in [0.1, 0.15) is 40.3 Å². The standard InChI is InChI=1S/C20H32N6O2/c1-19(2,3)28-18(27)25-20(4,5)14-23-17(21-6)22-11-10-15-13-26-12-8-7-9-16(26)24-15/h7-9,12-13H,10-11,14H2,1-6H3,(H,25,27)(H2,21,22,23). The van der Waals surface area contributed by atoms with Crippen molar-refractivity contribution in [1.29, 1.82) is 0 Å². The third-order valence-electron chi connectivity index (χ3n) is 3.85. The molecule has 0 radical (unpaired) electrons. The number of fused-ring (bicyclic) bond motifs is 1. The number of hydrogen-bond acceptors (Lipinski definition) is 4. The first kappa shape index (κ1) is 21.5. The average Bonchev–Trinajstić information content (AvgIpc) is 2.98. The fourth-order valence-corrected chi connectivity index (χ4v) is 2.57. The summed E-state index contributed by atoms with van der Waals surface area (Å²) in [7, 11) is 1.72. The van der Waals surface area contributed by atoms with Crippen LogP contribution in [0.2, 0.25) is 0 Å². The summed E-state index contributed by atoms with van der Waals surface area (Å²) in [4.78, 5) is 20.8. The second kappa shape index (κ2) is 8.95. The van der Waals surface area contributed by atoms with Crippen LogP contribution in [0, 0.1) is 0 Å². The van der Waals surface area contributed by atoms with E-state index >= 15 is 0 Å². The highest BCUT2D eigenvalue weighted by atomic mass is 16.6. The number of hydrogen-bond donors (Lipinski definition) is 3. The number of ether oxygens (including phenoxy) is 1. The lowest BCUT2D eigenvalue weighted by atomic mass is 10.1. The van der Waals surface area contributed by atoms with E-state index in [2.05, 4.69) is 25.9 Å². The van der Waals surface area contributed by atoms with Crippen molar-refractivity contribution >= 4 is 17.7 Å². The van der Waals surface area contributed by atoms with Crippen molar-refractivity contribution < 1.29 is 9.53 Å². The van der Waals surface area contributed by atoms with Crippen molar-refractivity contribution in [1.82, 2.24) is 25.3 Å². The third kappa shape index (κ3) is 7.09. The van der Waals surface area contributed by atoms with Gasteiger partial charge in [-0.2, -0.15) is 0 Å². The molecule has 0 saturated heterocycles. The first-order chi connectivity index (χ1) is 13.1. The third-order valence-corrected chi connectivity index (χ3v) is 3.85. The van der Waals surface area contributed by atoms with Crippen LogP contribution >= 0.6 is 0 Å². The minimum Gasteiger partial charge on any atom is -0.444 e. The van der Waals surface area contributed by atoms with Crippen LogP contribution in [0.4, 0.5) is 4.79 Å². The molecule has 8 nitrogen and oxygen atoms in total. The van der Waals surface area contributed by atoms with Gasteiger partial charge in [0.2, 0.25) is 0 Å². The molecule has 0 unspecified atom stereocenters. The Morgan fingerprint density at radius 3 is 2.61 bits per heavy atom. The van der Waals surface area contributed by atoms with Gasteiger partial charge in [0.15, 0.2) is 5.96 Å². The van der Waals surface area contributed by atoms with Crippen molar-refractivity contribution in [3.63, 3.8) is 0 Å². The van der Waals surface area contributed by atoms with E-state index in [0.29, 0.717) is 19.0 Å². The molecule has 0 saturated carbocycles. The van der Waals surface area contributed by atoms with E-state index in [9.17, 15) is 4.79 Å². The van der Waals surface area contributed by atoms with Gasteiger partial charge in [0.25, 0.3) is 0 Å². The molecular formula is C20H32N6O2. The Morgan fingerprint density at radius 2 is 1.96 bits per heavy atom. The molecule has 0 aromatic carbocycles. The molecule has 1 amide bonds. The van der Waals surface area contributed by atoms with E-state index in [4.69, 9.17) is 4.74 Å². The van der Waals surface area contributed by atoms with E-state index < -0.39 is 17.2 Å². The Hall–Kier alpha value is -2.77. The van der Waals surface area contributed by atoms with Gasteiger partial charge in [-0.05, 0) is 46.8 Å². The molecule has 2 rings (SSSR count). The van der Waals surface area contributed by atoms with Crippen LogP contribution in [0.5, 0.6) is 0 Å². The number of rotatable bonds is 6. The number of carbonyl (C=O) groups excluding carboxylic acids is 1. The monoisotopic (exact) mass is 388 g/mol. The number of alkyl carbamates (subject to hydrolysis) is 1. The van der Waals surface area contributed by atoms with Gasteiger partial charge in [-0.3, -0.25) is 4.99 Å². The van der Waals surface area contributed by atoms with E-state index in [1.807, 2.05) is 69.6 Å². The minimum atomic E-state index is -0.525. The summed E-state index contributed by atoms with van der Waals surface area (Å²) in [6, 6.07) is 5.94. The van der Waals surface area contributed by atoms with Gasteiger partial charge >= 0.3 is 6.09 Å². The maximum absolute atomic E-state index is 12.0. The summed E-state index contributed by atoms with van der Waals surface area (Å²) in [5, 5.41) is 9.38. The highest BCUT2D eigenvalue weighted by Gasteiger charge is 2.24. The summed E-state index contributed by atoms with van der Waals surface area (Å²) in [6.07, 6.45) is 4.36. The summed E-state index contributed by atoms with van der Waals surface area (Å²) in [5.74, 6) is 0.669. The predicted molar refractivity (Wildman–Crippen MR) is 112 cm³/mol. The van der Waals surface area contributed by atoms with Crippen molar-refractivity contribution in [3.05, 3.63) is 36.3 Å². The van der Waals surface area contributed by atoms with Crippen LogP contribution < -0.4 is 16.0 Å². The van der Waals surface area contributed by atoms with E-state index in [-0.39, 0.29) is 0 Å². The maximum atomic E-state index is 12.0. The molecule has 2 aromatic heterocycles. The molecule has 0 bridgehead atoms. The molecule has 0 aliphatic rings. The van der Waals surface area contributed by atoms with Gasteiger partial charge in [-0.25, -0.2) is 9.78 Å². The number of guanidine groups is 1. The number of nitrogens with one attached hydrogen (secondary N) is 3. The maximum Gasteiger partial charge on any atom is 0.408 e. The second-order valence-corrected chi connectivity index (χ2v) is 8.31. The van der Waals surface area contributed by atoms with Crippen LogP contribution in [0.25, 0.3) is 5.65 Å². The first-order valence-corrected chi connectivity index (χ1v) is 9.46. The summed E-state index contributed by atoms with van der Waals surface area (Å²) in [5.41, 5.74) is 0.932. The van der Waals surface area contributed by atoms with Gasteiger partial charge in [0.05, 0.1) is 11.2 Å². The number of aliphatic imine (C=N–C) groups is 1. The quantitative estimate of drug-likeness (QED) is 0.522. The second-order valence-electron chi connectivity index (χ2n) is 8.31. The van der Waals surface area contributed by atoms with Gasteiger partial charge in [-0.15, -0.1) is 0 Å². The highest BCUT2D eigenvalue weighted by Crippen LogP contribution is 2.09. The molecule has 0 atom stereocenters. The molecule has 2 aromatic rings. The topological polar surface area (TPSA) is 92.0 Å². The molecule has 0 spiro atoms. The van der Waals surface area contributed by atoms with E-state index in [1.165, 1.54) is 0 Å². The molecule has 0 fully saturated rings. The number of pyridine rings is 1. The molecule has 154 valence electrons. The largest absolute Gasteiger partial charge is 0.444 e. The van der Waals surface area contributed by atoms with Gasteiger partial charge in [0.1, 0.15) is 11.2 Å². The van der Waals surface area contributed by atoms with E-state index in [1.54, 1.807) is 7.05 Å². The Balaban J connectivity index is 1.77. The van der Waals surface area contributed by atoms with Crippen molar-refractivity contribution in [3.8, 4) is 0 Å². The fraction of sp³-hybridized carbons (Fsp3) is 0.550. The van der Waals surface area contributed by atoms with Crippen LogP contribution in [0.15, 0.2) is 35.6 Å². The molecule has 3 N–H and O–H groups in total. The lowest BCUT2D eigenvalue weighted by molar-refractivity contribution is 0.0474. The summed E-state index contributed by atoms with van der Waals surface area (Å²) < 4.78 is 7.32. The van der Waals surface area contributed by atoms with Crippen molar-refractivity contribution in [2.45, 2.75) is 52.2 Å². The Kier molecular flexibility index (Phi) is 6.88. The molecule has 28 heavy (non-hydrogen) atoms. The smallest absolute Gasteiger partial charge is 0.408 e. The number of nitrogens with zero attached hydrogens (tertiary/aromatic N) is 3. The number of carbonyl (C=O) groups is 1. The molecule has 0 aliphatic carbocycles. The normalized spacial score (nSPS) is 12.7. The van der Waals surface area contributed by atoms with Crippen LogP contribution in [-0.4, -0.2) is 52.7 Å². The zero-order valence-corrected chi connectivity index (χ0v) is 17.7. The SMILES string of the molecule is CN=C(NCCc1cn2ccccc2n1)NCC(C)(C)NC(=O)OC(C)(C)C. The van der Waals surface area contributed by atoms with Crippen molar-refractivity contribution in [2.24, 2.45) is 4.99 Å². The van der Waals surface area contributed by atoms with Gasteiger partial charge in [0, 0.05) is 39.0 Å². The molecule has 2 heterocycles. The highest BCUT2D eigenvalue weighted by molar-refractivity contribution is 5.79. The Morgan fingerprint density at radius 1 is 1.21 bits per heavy atom. The van der Waals surface area contributed by atoms with Gasteiger partial charge < -0.3 is 25.1 Å². The lowest BCUT2D eigenvalue weighted by Crippen LogP contribution is -2.54. The van der Waals surface area contributed by atoms with Crippen LogP contribution in [-0.2, 0) is 11.2 Å². The summed E-state index contributed by atoms with van der Waals surface area (Å²) in [6.45, 7) is 10.6. The number of amides is 1. The fourth-order valence-electron chi connectivity index (χ4n) is 2.57. The Bertz CT molecular complexity index is 786. The summed E-state index contributed by atoms with van der Waals surface area (Å²) >= 11 is 0. The molecular weight excluding hydrogens is 356 g/mol. The van der Waals surface area contributed by atoms with Crippen LogP contribution in [0.3, 0.4) is 0 Å². The first-order valence-electron chi connectivity index (χ1n) is 9.46. The minimum absolute atomic E-state index is 0.436. The molecule has 8 heteroatoms.